The van der Waals surface area contributed by atoms with Crippen molar-refractivity contribution < 1.29 is 17.9 Å². The van der Waals surface area contributed by atoms with Crippen LogP contribution in [0.2, 0.25) is 0 Å². The monoisotopic (exact) mass is 243 g/mol. The van der Waals surface area contributed by atoms with E-state index in [9.17, 15) is 13.2 Å². The van der Waals surface area contributed by atoms with E-state index in [4.69, 9.17) is 10.00 Å². The van der Waals surface area contributed by atoms with Crippen molar-refractivity contribution in [3.05, 3.63) is 29.3 Å². The maximum Gasteiger partial charge on any atom is 0.416 e. The third-order valence-corrected chi connectivity index (χ3v) is 1.84. The number of rotatable bonds is 1. The largest absolute Gasteiger partial charge is 0.487 e. The summed E-state index contributed by atoms with van der Waals surface area (Å²) in [6.07, 6.45) is -4.45. The molecule has 1 aromatic carbocycles. The van der Waals surface area contributed by atoms with Crippen LogP contribution in [0.3, 0.4) is 0 Å². The van der Waals surface area contributed by atoms with Gasteiger partial charge in [-0.05, 0) is 39.0 Å². The molecular formula is C12H12F3NO. The molecule has 0 atom stereocenters. The lowest BCUT2D eigenvalue weighted by Crippen LogP contribution is -2.23. The second-order valence-electron chi connectivity index (χ2n) is 4.53. The molecule has 1 aromatic rings. The van der Waals surface area contributed by atoms with Gasteiger partial charge in [-0.1, -0.05) is 0 Å². The Kier molecular flexibility index (Phi) is 3.37. The van der Waals surface area contributed by atoms with Gasteiger partial charge in [-0.25, -0.2) is 0 Å². The highest BCUT2D eigenvalue weighted by Gasteiger charge is 2.31. The van der Waals surface area contributed by atoms with Crippen molar-refractivity contribution >= 4 is 0 Å². The van der Waals surface area contributed by atoms with E-state index in [-0.39, 0.29) is 11.3 Å². The van der Waals surface area contributed by atoms with Crippen molar-refractivity contribution in [2.24, 2.45) is 0 Å². The number of ether oxygens (including phenoxy) is 1. The standard InChI is InChI=1S/C12H12F3NO/c1-11(2,3)17-10-5-4-9(12(13,14)15)6-8(10)7-16/h4-6H,1-3H3. The van der Waals surface area contributed by atoms with Gasteiger partial charge in [-0.3, -0.25) is 0 Å². The molecule has 92 valence electrons. The topological polar surface area (TPSA) is 33.0 Å². The Morgan fingerprint density at radius 1 is 1.18 bits per heavy atom. The third kappa shape index (κ3) is 3.66. The first-order valence-electron chi connectivity index (χ1n) is 4.94. The Morgan fingerprint density at radius 3 is 2.18 bits per heavy atom. The molecule has 0 fully saturated rings. The first kappa shape index (κ1) is 13.4. The van der Waals surface area contributed by atoms with Gasteiger partial charge >= 0.3 is 6.18 Å². The van der Waals surface area contributed by atoms with Crippen LogP contribution in [0, 0.1) is 11.3 Å². The van der Waals surface area contributed by atoms with Gasteiger partial charge in [0.2, 0.25) is 0 Å². The van der Waals surface area contributed by atoms with Crippen LogP contribution < -0.4 is 4.74 Å². The molecule has 0 heterocycles. The number of hydrogen-bond acceptors (Lipinski definition) is 2. The SMILES string of the molecule is CC(C)(C)Oc1ccc(C(F)(F)F)cc1C#N. The van der Waals surface area contributed by atoms with Crippen LogP contribution in [0.25, 0.3) is 0 Å². The molecule has 1 rings (SSSR count). The van der Waals surface area contributed by atoms with E-state index < -0.39 is 17.3 Å². The van der Waals surface area contributed by atoms with Crippen LogP contribution in [0.5, 0.6) is 5.75 Å². The van der Waals surface area contributed by atoms with Gasteiger partial charge in [-0.15, -0.1) is 0 Å². The fraction of sp³-hybridized carbons (Fsp3) is 0.417. The van der Waals surface area contributed by atoms with Crippen LogP contribution in [0.15, 0.2) is 18.2 Å². The van der Waals surface area contributed by atoms with E-state index in [1.165, 1.54) is 6.07 Å². The van der Waals surface area contributed by atoms with Crippen molar-refractivity contribution in [2.75, 3.05) is 0 Å². The second kappa shape index (κ2) is 4.28. The van der Waals surface area contributed by atoms with Crippen LogP contribution in [0.4, 0.5) is 13.2 Å². The minimum Gasteiger partial charge on any atom is -0.487 e. The number of halogens is 3. The molecule has 5 heteroatoms. The van der Waals surface area contributed by atoms with Gasteiger partial charge in [0.05, 0.1) is 11.1 Å². The summed E-state index contributed by atoms with van der Waals surface area (Å²) in [6, 6.07) is 4.58. The van der Waals surface area contributed by atoms with E-state index in [0.29, 0.717) is 0 Å². The van der Waals surface area contributed by atoms with E-state index >= 15 is 0 Å². The van der Waals surface area contributed by atoms with Gasteiger partial charge < -0.3 is 4.74 Å². The fourth-order valence-corrected chi connectivity index (χ4v) is 1.21. The van der Waals surface area contributed by atoms with E-state index in [0.717, 1.165) is 12.1 Å². The zero-order chi connectivity index (χ0) is 13.3. The van der Waals surface area contributed by atoms with Gasteiger partial charge in [0.1, 0.15) is 17.4 Å². The number of hydrogen-bond donors (Lipinski definition) is 0. The first-order chi connectivity index (χ1) is 7.63. The molecule has 0 saturated carbocycles. The number of nitriles is 1. The molecule has 0 unspecified atom stereocenters. The normalized spacial score (nSPS) is 12.1. The molecule has 0 aromatic heterocycles. The summed E-state index contributed by atoms with van der Waals surface area (Å²) in [6.45, 7) is 5.27. The molecule has 0 aliphatic rings. The molecular weight excluding hydrogens is 231 g/mol. The van der Waals surface area contributed by atoms with Gasteiger partial charge in [0, 0.05) is 0 Å². The lowest BCUT2D eigenvalue weighted by molar-refractivity contribution is -0.137. The van der Waals surface area contributed by atoms with Crippen LogP contribution in [-0.2, 0) is 6.18 Å². The summed E-state index contributed by atoms with van der Waals surface area (Å²) in [5.74, 6) is 0.160. The summed E-state index contributed by atoms with van der Waals surface area (Å²) in [7, 11) is 0. The molecule has 0 spiro atoms. The van der Waals surface area contributed by atoms with Crippen LogP contribution in [0.1, 0.15) is 31.9 Å². The minimum absolute atomic E-state index is 0.116. The summed E-state index contributed by atoms with van der Waals surface area (Å²) < 4.78 is 42.7. The molecule has 0 aliphatic carbocycles. The number of benzene rings is 1. The molecule has 0 radical (unpaired) electrons. The van der Waals surface area contributed by atoms with Crippen molar-refractivity contribution in [3.63, 3.8) is 0 Å². The van der Waals surface area contributed by atoms with Crippen molar-refractivity contribution in [3.8, 4) is 11.8 Å². The maximum absolute atomic E-state index is 12.4. The second-order valence-corrected chi connectivity index (χ2v) is 4.53. The Balaban J connectivity index is 3.16. The molecule has 0 amide bonds. The van der Waals surface area contributed by atoms with Gasteiger partial charge in [0.25, 0.3) is 0 Å². The molecule has 2 nitrogen and oxygen atoms in total. The molecule has 0 bridgehead atoms. The summed E-state index contributed by atoms with van der Waals surface area (Å²) in [4.78, 5) is 0. The molecule has 0 saturated heterocycles. The van der Waals surface area contributed by atoms with Gasteiger partial charge in [0.15, 0.2) is 0 Å². The zero-order valence-electron chi connectivity index (χ0n) is 9.72. The highest BCUT2D eigenvalue weighted by molar-refractivity contribution is 5.46. The van der Waals surface area contributed by atoms with Crippen LogP contribution >= 0.6 is 0 Å². The predicted molar refractivity (Wildman–Crippen MR) is 56.5 cm³/mol. The molecule has 17 heavy (non-hydrogen) atoms. The summed E-state index contributed by atoms with van der Waals surface area (Å²) in [5.41, 5.74) is -1.53. The highest BCUT2D eigenvalue weighted by atomic mass is 19.4. The van der Waals surface area contributed by atoms with Crippen LogP contribution in [-0.4, -0.2) is 5.60 Å². The van der Waals surface area contributed by atoms with E-state index in [1.54, 1.807) is 26.8 Å². The van der Waals surface area contributed by atoms with Crippen molar-refractivity contribution in [2.45, 2.75) is 32.5 Å². The Morgan fingerprint density at radius 2 is 1.76 bits per heavy atom. The number of nitrogens with zero attached hydrogens (tertiary/aromatic N) is 1. The first-order valence-corrected chi connectivity index (χ1v) is 4.94. The van der Waals surface area contributed by atoms with Gasteiger partial charge in [-0.2, -0.15) is 18.4 Å². The van der Waals surface area contributed by atoms with E-state index in [1.807, 2.05) is 0 Å². The van der Waals surface area contributed by atoms with Crippen molar-refractivity contribution in [1.82, 2.24) is 0 Å². The Bertz CT molecular complexity index is 452. The number of alkyl halides is 3. The lowest BCUT2D eigenvalue weighted by Gasteiger charge is -2.22. The third-order valence-electron chi connectivity index (χ3n) is 1.84. The summed E-state index contributed by atoms with van der Waals surface area (Å²) in [5, 5.41) is 8.81. The molecule has 0 aliphatic heterocycles. The van der Waals surface area contributed by atoms with E-state index in [2.05, 4.69) is 0 Å². The Labute approximate surface area is 97.6 Å². The zero-order valence-corrected chi connectivity index (χ0v) is 9.72. The lowest BCUT2D eigenvalue weighted by atomic mass is 10.1. The predicted octanol–water partition coefficient (Wildman–Crippen LogP) is 3.75. The maximum atomic E-state index is 12.4. The Hall–Kier alpha value is -1.70. The highest BCUT2D eigenvalue weighted by Crippen LogP contribution is 2.33. The molecule has 0 N–H and O–H groups in total. The average molecular weight is 243 g/mol. The minimum atomic E-state index is -4.45. The smallest absolute Gasteiger partial charge is 0.416 e. The fourth-order valence-electron chi connectivity index (χ4n) is 1.21. The average Bonchev–Trinajstić information content (AvgIpc) is 2.14. The quantitative estimate of drug-likeness (QED) is 0.752. The summed E-state index contributed by atoms with van der Waals surface area (Å²) >= 11 is 0. The van der Waals surface area contributed by atoms with Crippen molar-refractivity contribution in [1.29, 1.82) is 5.26 Å².